The Hall–Kier alpha value is -3.49. The van der Waals surface area contributed by atoms with E-state index in [0.29, 0.717) is 10.7 Å². The predicted molar refractivity (Wildman–Crippen MR) is 110 cm³/mol. The van der Waals surface area contributed by atoms with Crippen molar-refractivity contribution in [1.82, 2.24) is 14.9 Å². The van der Waals surface area contributed by atoms with Gasteiger partial charge in [-0.05, 0) is 12.1 Å². The number of amides is 1. The topological polar surface area (TPSA) is 135 Å². The molecule has 9 nitrogen and oxygen atoms in total. The molecule has 3 rings (SSSR count). The molecule has 1 amide bonds. The number of carbonyl (C=O) groups excluding carboxylic acids is 1. The highest BCUT2D eigenvalue weighted by molar-refractivity contribution is 6.30. The molecule has 0 aliphatic carbocycles. The van der Waals surface area contributed by atoms with Crippen molar-refractivity contribution in [1.29, 1.82) is 10.7 Å². The summed E-state index contributed by atoms with van der Waals surface area (Å²) in [5.41, 5.74) is 1.98. The molecule has 2 heterocycles. The summed E-state index contributed by atoms with van der Waals surface area (Å²) in [4.78, 5) is 22.1. The van der Waals surface area contributed by atoms with E-state index in [4.69, 9.17) is 17.0 Å². The molecule has 1 aromatic carbocycles. The SMILES string of the molecule is N#Cc1ccc([NH2+]N=CC=N)c(C(=O)N2CCC(F)(F)C2CNc2ncc(Cl)cn2)c1. The maximum atomic E-state index is 14.6. The molecule has 1 aliphatic rings. The average molecular weight is 448 g/mol. The second-order valence-corrected chi connectivity index (χ2v) is 7.08. The molecule has 31 heavy (non-hydrogen) atoms. The number of nitrogens with two attached hydrogens (primary N) is 1. The summed E-state index contributed by atoms with van der Waals surface area (Å²) < 4.78 is 29.2. The van der Waals surface area contributed by atoms with Crippen molar-refractivity contribution in [3.63, 3.8) is 0 Å². The Balaban J connectivity index is 1.86. The third-order valence-corrected chi connectivity index (χ3v) is 4.87. The minimum atomic E-state index is -3.12. The lowest BCUT2D eigenvalue weighted by molar-refractivity contribution is -0.577. The summed E-state index contributed by atoms with van der Waals surface area (Å²) in [6.07, 6.45) is 4.34. The van der Waals surface area contributed by atoms with Crippen LogP contribution in [0.15, 0.2) is 35.7 Å². The Bertz CT molecular complexity index is 1040. The van der Waals surface area contributed by atoms with Crippen LogP contribution in [0.3, 0.4) is 0 Å². The minimum absolute atomic E-state index is 0.0756. The van der Waals surface area contributed by atoms with E-state index in [0.717, 1.165) is 11.1 Å². The molecule has 1 atom stereocenters. The standard InChI is InChI=1S/C19H17ClF2N8O/c20-13-9-25-18(26-10-13)27-11-16-19(21,22)3-6-30(16)17(31)14-7-12(8-24)1-2-15(14)29-28-5-4-23/h1-2,4-5,7,9-10,16,23,29H,3,6,11H2,(H,25,26,27)/p+1. The number of alkyl halides is 2. The fourth-order valence-corrected chi connectivity index (χ4v) is 3.26. The number of carbonyl (C=O) groups is 1. The number of anilines is 1. The molecule has 160 valence electrons. The Morgan fingerprint density at radius 2 is 2.23 bits per heavy atom. The van der Waals surface area contributed by atoms with Crippen molar-refractivity contribution in [3.8, 4) is 6.07 Å². The largest absolute Gasteiger partial charge is 0.352 e. The number of rotatable bonds is 7. The molecule has 2 aromatic rings. The van der Waals surface area contributed by atoms with Gasteiger partial charge < -0.3 is 15.6 Å². The first kappa shape index (κ1) is 22.2. The number of likely N-dealkylation sites (tertiary alicyclic amines) is 1. The number of hydrogen-bond acceptors (Lipinski definition) is 7. The Labute approximate surface area is 181 Å². The number of quaternary nitrogens is 1. The summed E-state index contributed by atoms with van der Waals surface area (Å²) in [6.45, 7) is -0.428. The number of nitrogens with zero attached hydrogens (tertiary/aromatic N) is 5. The molecule has 1 fully saturated rings. The molecule has 0 bridgehead atoms. The van der Waals surface area contributed by atoms with Crippen molar-refractivity contribution in [3.05, 3.63) is 46.7 Å². The van der Waals surface area contributed by atoms with Crippen LogP contribution < -0.4 is 10.7 Å². The first-order valence-electron chi connectivity index (χ1n) is 9.15. The van der Waals surface area contributed by atoms with Gasteiger partial charge in [0.15, 0.2) is 5.69 Å². The molecule has 1 saturated heterocycles. The van der Waals surface area contributed by atoms with Crippen molar-refractivity contribution < 1.29 is 19.0 Å². The number of nitrogens with one attached hydrogen (secondary N) is 2. The molecule has 0 spiro atoms. The van der Waals surface area contributed by atoms with Gasteiger partial charge in [0.05, 0.1) is 29.0 Å². The van der Waals surface area contributed by atoms with Gasteiger partial charge in [0.1, 0.15) is 17.8 Å². The van der Waals surface area contributed by atoms with E-state index in [9.17, 15) is 18.8 Å². The quantitative estimate of drug-likeness (QED) is 0.257. The van der Waals surface area contributed by atoms with Crippen LogP contribution in [-0.4, -0.2) is 58.3 Å². The monoisotopic (exact) mass is 447 g/mol. The normalized spacial score (nSPS) is 17.5. The van der Waals surface area contributed by atoms with Crippen LogP contribution in [0, 0.1) is 16.7 Å². The maximum Gasteiger partial charge on any atom is 0.271 e. The molecule has 12 heteroatoms. The lowest BCUT2D eigenvalue weighted by Crippen LogP contribution is -2.72. The highest BCUT2D eigenvalue weighted by atomic mass is 35.5. The molecule has 1 unspecified atom stereocenters. The maximum absolute atomic E-state index is 14.6. The van der Waals surface area contributed by atoms with E-state index in [-0.39, 0.29) is 30.2 Å². The number of hydrogen-bond donors (Lipinski definition) is 3. The van der Waals surface area contributed by atoms with Crippen LogP contribution in [0.25, 0.3) is 0 Å². The highest BCUT2D eigenvalue weighted by Crippen LogP contribution is 2.35. The van der Waals surface area contributed by atoms with E-state index < -0.39 is 24.3 Å². The number of halogens is 3. The highest BCUT2D eigenvalue weighted by Gasteiger charge is 2.51. The molecule has 4 N–H and O–H groups in total. The first-order valence-corrected chi connectivity index (χ1v) is 9.53. The summed E-state index contributed by atoms with van der Waals surface area (Å²) in [6, 6.07) is 4.85. The van der Waals surface area contributed by atoms with Crippen molar-refractivity contribution in [2.24, 2.45) is 5.10 Å². The zero-order valence-electron chi connectivity index (χ0n) is 16.1. The van der Waals surface area contributed by atoms with Gasteiger partial charge >= 0.3 is 0 Å². The van der Waals surface area contributed by atoms with Gasteiger partial charge in [-0.3, -0.25) is 4.79 Å². The second-order valence-electron chi connectivity index (χ2n) is 6.64. The number of nitriles is 1. The van der Waals surface area contributed by atoms with Gasteiger partial charge in [0, 0.05) is 31.8 Å². The minimum Gasteiger partial charge on any atom is -0.352 e. The summed E-state index contributed by atoms with van der Waals surface area (Å²) >= 11 is 5.73. The van der Waals surface area contributed by atoms with E-state index in [2.05, 4.69) is 20.4 Å². The zero-order valence-corrected chi connectivity index (χ0v) is 16.9. The van der Waals surface area contributed by atoms with E-state index in [1.807, 2.05) is 6.07 Å². The van der Waals surface area contributed by atoms with Gasteiger partial charge in [-0.1, -0.05) is 16.7 Å². The fourth-order valence-electron chi connectivity index (χ4n) is 3.16. The fraction of sp³-hybridized carbons (Fsp3) is 0.263. The van der Waals surface area contributed by atoms with Crippen LogP contribution in [-0.2, 0) is 0 Å². The van der Waals surface area contributed by atoms with Crippen LogP contribution in [0.4, 0.5) is 20.4 Å². The average Bonchev–Trinajstić information content (AvgIpc) is 3.07. The predicted octanol–water partition coefficient (Wildman–Crippen LogP) is 1.79. The summed E-state index contributed by atoms with van der Waals surface area (Å²) in [5.74, 6) is -3.65. The first-order chi connectivity index (χ1) is 14.9. The van der Waals surface area contributed by atoms with E-state index >= 15 is 0 Å². The molecular formula is C19H18ClF2N8O+. The number of benzene rings is 1. The Morgan fingerprint density at radius 1 is 1.48 bits per heavy atom. The third kappa shape index (κ3) is 5.17. The zero-order chi connectivity index (χ0) is 22.4. The van der Waals surface area contributed by atoms with E-state index in [1.54, 1.807) is 0 Å². The van der Waals surface area contributed by atoms with Crippen molar-refractivity contribution in [2.75, 3.05) is 18.4 Å². The van der Waals surface area contributed by atoms with Gasteiger partial charge in [-0.2, -0.15) is 10.7 Å². The van der Waals surface area contributed by atoms with Crippen LogP contribution in [0.1, 0.15) is 22.3 Å². The summed E-state index contributed by atoms with van der Waals surface area (Å²) in [7, 11) is 0. The van der Waals surface area contributed by atoms with Crippen LogP contribution >= 0.6 is 11.6 Å². The molecule has 1 aromatic heterocycles. The molecule has 0 saturated carbocycles. The lowest BCUT2D eigenvalue weighted by atomic mass is 10.1. The second kappa shape index (κ2) is 9.55. The summed E-state index contributed by atoms with van der Waals surface area (Å²) in [5, 5.41) is 23.1. The van der Waals surface area contributed by atoms with Gasteiger partial charge in [-0.15, -0.1) is 0 Å². The Kier molecular flexibility index (Phi) is 6.84. The smallest absolute Gasteiger partial charge is 0.271 e. The molecule has 0 radical (unpaired) electrons. The number of aromatic nitrogens is 2. The van der Waals surface area contributed by atoms with Gasteiger partial charge in [0.25, 0.3) is 11.8 Å². The van der Waals surface area contributed by atoms with Crippen LogP contribution in [0.2, 0.25) is 5.02 Å². The van der Waals surface area contributed by atoms with Gasteiger partial charge in [0.2, 0.25) is 5.95 Å². The van der Waals surface area contributed by atoms with Crippen molar-refractivity contribution >= 4 is 41.6 Å². The Morgan fingerprint density at radius 3 is 2.90 bits per heavy atom. The molecule has 1 aliphatic heterocycles. The van der Waals surface area contributed by atoms with Crippen LogP contribution in [0.5, 0.6) is 0 Å². The third-order valence-electron chi connectivity index (χ3n) is 4.67. The van der Waals surface area contributed by atoms with Crippen molar-refractivity contribution in [2.45, 2.75) is 18.4 Å². The lowest BCUT2D eigenvalue weighted by Gasteiger charge is -2.28. The molecular weight excluding hydrogens is 430 g/mol. The van der Waals surface area contributed by atoms with Gasteiger partial charge in [-0.25, -0.2) is 18.7 Å². The van der Waals surface area contributed by atoms with E-state index in [1.165, 1.54) is 42.2 Å².